The van der Waals surface area contributed by atoms with E-state index >= 15 is 0 Å². The van der Waals surface area contributed by atoms with Gasteiger partial charge < -0.3 is 14.6 Å². The molecule has 0 aromatic carbocycles. The summed E-state index contributed by atoms with van der Waals surface area (Å²) < 4.78 is 8.94. The highest BCUT2D eigenvalue weighted by Gasteiger charge is 2.10. The molecule has 0 heterocycles. The molecule has 0 radical (unpaired) electrons. The van der Waals surface area contributed by atoms with E-state index in [1.54, 1.807) is 14.2 Å². The van der Waals surface area contributed by atoms with Gasteiger partial charge in [-0.25, -0.2) is 0 Å². The molecule has 0 aliphatic carbocycles. The van der Waals surface area contributed by atoms with Gasteiger partial charge >= 0.3 is 0 Å². The van der Waals surface area contributed by atoms with Crippen molar-refractivity contribution < 1.29 is 19.4 Å². The molecule has 0 saturated heterocycles. The minimum Gasteiger partial charge on any atom is -0.379 e. The van der Waals surface area contributed by atoms with Crippen LogP contribution in [0.3, 0.4) is 0 Å². The van der Waals surface area contributed by atoms with E-state index in [-0.39, 0.29) is 0 Å². The fraction of sp³-hybridized carbons (Fsp3) is 0.625. The van der Waals surface area contributed by atoms with E-state index in [1.807, 2.05) is 0 Å². The van der Waals surface area contributed by atoms with E-state index in [0.29, 0.717) is 13.1 Å². The third kappa shape index (κ3) is 12.0. The number of aldehydes is 1. The van der Waals surface area contributed by atoms with Gasteiger partial charge in [0.05, 0.1) is 0 Å². The second-order valence-corrected chi connectivity index (χ2v) is 2.24. The fourth-order valence-corrected chi connectivity index (χ4v) is 0.166. The number of aliphatic hydroxyl groups is 1. The van der Waals surface area contributed by atoms with Crippen molar-refractivity contribution in [1.82, 2.24) is 0 Å². The maximum atomic E-state index is 9.74. The average Bonchev–Trinajstić information content (AvgIpc) is 2.07. The van der Waals surface area contributed by atoms with E-state index in [1.165, 1.54) is 13.0 Å². The largest absolute Gasteiger partial charge is 0.379 e. The Morgan fingerprint density at radius 2 is 1.92 bits per heavy atom. The quantitative estimate of drug-likeness (QED) is 0.381. The Morgan fingerprint density at radius 1 is 1.50 bits per heavy atom. The lowest BCUT2D eigenvalue weighted by Gasteiger charge is -2.05. The normalized spacial score (nSPS) is 13.7. The van der Waals surface area contributed by atoms with Crippen LogP contribution in [0.4, 0.5) is 0 Å². The highest BCUT2D eigenvalue weighted by atomic mass is 16.6. The van der Waals surface area contributed by atoms with Crippen molar-refractivity contribution in [1.29, 1.82) is 0 Å². The summed E-state index contributed by atoms with van der Waals surface area (Å²) in [5, 5.41) is 8.65. The number of hydrogen-bond donors (Lipinski definition) is 1. The van der Waals surface area contributed by atoms with Crippen LogP contribution in [0.25, 0.3) is 0 Å². The maximum absolute atomic E-state index is 9.74. The van der Waals surface area contributed by atoms with Crippen molar-refractivity contribution in [2.45, 2.75) is 12.5 Å². The van der Waals surface area contributed by atoms with E-state index in [4.69, 9.17) is 5.11 Å². The molecule has 0 rings (SSSR count). The SMILES string of the molecule is C=CC(C)(O)C=O.COCOC. The van der Waals surface area contributed by atoms with Crippen LogP contribution in [-0.4, -0.2) is 38.0 Å². The predicted molar refractivity (Wildman–Crippen MR) is 45.8 cm³/mol. The van der Waals surface area contributed by atoms with Gasteiger partial charge in [-0.2, -0.15) is 0 Å². The Bertz CT molecular complexity index is 108. The summed E-state index contributed by atoms with van der Waals surface area (Å²) >= 11 is 0. The van der Waals surface area contributed by atoms with Gasteiger partial charge in [-0.3, -0.25) is 4.79 Å². The molecule has 72 valence electrons. The lowest BCUT2D eigenvalue weighted by Crippen LogP contribution is -2.21. The molecule has 0 fully saturated rings. The van der Waals surface area contributed by atoms with Crippen LogP contribution < -0.4 is 0 Å². The number of methoxy groups -OCH3 is 2. The topological polar surface area (TPSA) is 55.8 Å². The number of rotatable bonds is 4. The molecule has 0 spiro atoms. The van der Waals surface area contributed by atoms with Gasteiger partial charge in [0, 0.05) is 14.2 Å². The molecule has 1 N–H and O–H groups in total. The van der Waals surface area contributed by atoms with Crippen molar-refractivity contribution in [2.75, 3.05) is 21.0 Å². The maximum Gasteiger partial charge on any atom is 0.155 e. The van der Waals surface area contributed by atoms with Gasteiger partial charge in [0.1, 0.15) is 12.4 Å². The van der Waals surface area contributed by atoms with Crippen molar-refractivity contribution in [2.24, 2.45) is 0 Å². The van der Waals surface area contributed by atoms with Crippen LogP contribution in [0.2, 0.25) is 0 Å². The predicted octanol–water partition coefficient (Wildman–Crippen LogP) is 0.359. The Balaban J connectivity index is 0. The van der Waals surface area contributed by atoms with E-state index in [0.717, 1.165) is 0 Å². The zero-order valence-electron chi connectivity index (χ0n) is 7.74. The standard InChI is InChI=1S/C5H8O2.C3H8O2/c1-3-5(2,7)4-6;1-4-3-5-2/h3-4,7H,1H2,2H3;3H2,1-2H3. The van der Waals surface area contributed by atoms with E-state index < -0.39 is 5.60 Å². The van der Waals surface area contributed by atoms with E-state index in [2.05, 4.69) is 16.1 Å². The summed E-state index contributed by atoms with van der Waals surface area (Å²) in [6.45, 7) is 4.98. The molecular weight excluding hydrogens is 160 g/mol. The Labute approximate surface area is 72.8 Å². The Morgan fingerprint density at radius 3 is 1.92 bits per heavy atom. The molecule has 0 bridgehead atoms. The van der Waals surface area contributed by atoms with E-state index in [9.17, 15) is 4.79 Å². The molecule has 0 aromatic heterocycles. The van der Waals surface area contributed by atoms with Crippen LogP contribution in [0, 0.1) is 0 Å². The zero-order valence-corrected chi connectivity index (χ0v) is 7.74. The first-order valence-corrected chi connectivity index (χ1v) is 3.34. The fourth-order valence-electron chi connectivity index (χ4n) is 0.166. The van der Waals surface area contributed by atoms with Crippen LogP contribution in [-0.2, 0) is 14.3 Å². The number of ether oxygens (including phenoxy) is 2. The Hall–Kier alpha value is -0.710. The molecule has 0 amide bonds. The molecule has 0 aromatic rings. The van der Waals surface area contributed by atoms with Crippen molar-refractivity contribution in [3.8, 4) is 0 Å². The van der Waals surface area contributed by atoms with Crippen molar-refractivity contribution in [3.63, 3.8) is 0 Å². The zero-order chi connectivity index (χ0) is 10.0. The van der Waals surface area contributed by atoms with Gasteiger partial charge in [-0.05, 0) is 6.92 Å². The smallest absolute Gasteiger partial charge is 0.155 e. The molecule has 12 heavy (non-hydrogen) atoms. The third-order valence-electron chi connectivity index (χ3n) is 0.888. The first-order chi connectivity index (χ1) is 5.54. The lowest BCUT2D eigenvalue weighted by atomic mass is 10.1. The third-order valence-corrected chi connectivity index (χ3v) is 0.888. The molecule has 0 aliphatic rings. The van der Waals surface area contributed by atoms with Crippen LogP contribution in [0.5, 0.6) is 0 Å². The van der Waals surface area contributed by atoms with Gasteiger partial charge in [0.2, 0.25) is 0 Å². The molecule has 4 heteroatoms. The first kappa shape index (κ1) is 13.9. The highest BCUT2D eigenvalue weighted by Crippen LogP contribution is 1.96. The average molecular weight is 176 g/mol. The van der Waals surface area contributed by atoms with Crippen LogP contribution >= 0.6 is 0 Å². The molecule has 1 unspecified atom stereocenters. The van der Waals surface area contributed by atoms with Crippen LogP contribution in [0.1, 0.15) is 6.92 Å². The molecule has 0 saturated carbocycles. The monoisotopic (exact) mass is 176 g/mol. The van der Waals surface area contributed by atoms with Gasteiger partial charge in [-0.1, -0.05) is 12.7 Å². The molecular formula is C8H16O4. The number of carbonyl (C=O) groups excluding carboxylic acids is 1. The second kappa shape index (κ2) is 8.39. The molecule has 1 atom stereocenters. The molecule has 4 nitrogen and oxygen atoms in total. The number of hydrogen-bond acceptors (Lipinski definition) is 4. The summed E-state index contributed by atoms with van der Waals surface area (Å²) in [6, 6.07) is 0. The highest BCUT2D eigenvalue weighted by molar-refractivity contribution is 5.64. The van der Waals surface area contributed by atoms with Gasteiger partial charge in [0.25, 0.3) is 0 Å². The Kier molecular flexibility index (Phi) is 9.68. The van der Waals surface area contributed by atoms with Gasteiger partial charge in [0.15, 0.2) is 6.29 Å². The number of carbonyl (C=O) groups is 1. The first-order valence-electron chi connectivity index (χ1n) is 3.34. The summed E-state index contributed by atoms with van der Waals surface area (Å²) in [7, 11) is 3.17. The summed E-state index contributed by atoms with van der Waals surface area (Å²) in [4.78, 5) is 9.74. The van der Waals surface area contributed by atoms with Gasteiger partial charge in [-0.15, -0.1) is 0 Å². The minimum atomic E-state index is -1.33. The summed E-state index contributed by atoms with van der Waals surface area (Å²) in [6.07, 6.45) is 1.61. The summed E-state index contributed by atoms with van der Waals surface area (Å²) in [5.41, 5.74) is -1.33. The van der Waals surface area contributed by atoms with Crippen LogP contribution in [0.15, 0.2) is 12.7 Å². The summed E-state index contributed by atoms with van der Waals surface area (Å²) in [5.74, 6) is 0. The van der Waals surface area contributed by atoms with Crippen molar-refractivity contribution >= 4 is 6.29 Å². The molecule has 0 aliphatic heterocycles. The van der Waals surface area contributed by atoms with Crippen molar-refractivity contribution in [3.05, 3.63) is 12.7 Å². The second-order valence-electron chi connectivity index (χ2n) is 2.24. The lowest BCUT2D eigenvalue weighted by molar-refractivity contribution is -0.118. The minimum absolute atomic E-state index is 0.389.